The van der Waals surface area contributed by atoms with Crippen molar-refractivity contribution in [3.8, 4) is 0 Å². The van der Waals surface area contributed by atoms with Gasteiger partial charge in [0.1, 0.15) is 0 Å². The van der Waals surface area contributed by atoms with Gasteiger partial charge in [0.05, 0.1) is 11.7 Å². The lowest BCUT2D eigenvalue weighted by Crippen LogP contribution is -2.44. The van der Waals surface area contributed by atoms with Crippen molar-refractivity contribution in [3.63, 3.8) is 0 Å². The Balaban J connectivity index is 1.26. The molecule has 0 atom stereocenters. The Morgan fingerprint density at radius 1 is 0.885 bits per heavy atom. The minimum absolute atomic E-state index is 0.389. The average molecular weight is 360 g/mol. The first kappa shape index (κ1) is 18.4. The van der Waals surface area contributed by atoms with E-state index in [1.165, 1.54) is 96.3 Å². The van der Waals surface area contributed by atoms with E-state index in [1.807, 2.05) is 0 Å². The molecule has 0 N–H and O–H groups in total. The van der Waals surface area contributed by atoms with Crippen LogP contribution in [0.5, 0.6) is 0 Å². The van der Waals surface area contributed by atoms with Crippen molar-refractivity contribution in [1.82, 2.24) is 24.8 Å². The number of aromatic nitrogens is 3. The third-order valence-electron chi connectivity index (χ3n) is 6.73. The molecule has 1 aromatic heterocycles. The minimum atomic E-state index is 0.389. The molecular weight excluding hydrogens is 322 g/mol. The van der Waals surface area contributed by atoms with Crippen LogP contribution < -0.4 is 0 Å². The molecule has 4 rings (SSSR count). The first-order chi connectivity index (χ1) is 12.6. The zero-order valence-corrected chi connectivity index (χ0v) is 16.9. The van der Waals surface area contributed by atoms with Gasteiger partial charge in [-0.05, 0) is 57.0 Å². The predicted molar refractivity (Wildman–Crippen MR) is 105 cm³/mol. The molecule has 2 aliphatic heterocycles. The Kier molecular flexibility index (Phi) is 5.65. The average Bonchev–Trinajstić information content (AvgIpc) is 3.37. The molecule has 26 heavy (non-hydrogen) atoms. The lowest BCUT2D eigenvalue weighted by Gasteiger charge is -2.39. The third-order valence-corrected chi connectivity index (χ3v) is 6.73. The summed E-state index contributed by atoms with van der Waals surface area (Å²) in [7, 11) is 0. The van der Waals surface area contributed by atoms with E-state index in [0.29, 0.717) is 17.4 Å². The summed E-state index contributed by atoms with van der Waals surface area (Å²) in [5.41, 5.74) is 1.64. The van der Waals surface area contributed by atoms with Crippen LogP contribution in [-0.2, 0) is 0 Å². The van der Waals surface area contributed by atoms with Gasteiger partial charge in [0.15, 0.2) is 0 Å². The van der Waals surface area contributed by atoms with E-state index in [-0.39, 0.29) is 0 Å². The molecule has 0 bridgehead atoms. The van der Waals surface area contributed by atoms with Gasteiger partial charge in [0.25, 0.3) is 0 Å². The highest BCUT2D eigenvalue weighted by molar-refractivity contribution is 5.04. The van der Waals surface area contributed by atoms with E-state index < -0.39 is 0 Å². The summed E-state index contributed by atoms with van der Waals surface area (Å²) in [5, 5.41) is 9.00. The van der Waals surface area contributed by atoms with Gasteiger partial charge in [0, 0.05) is 38.3 Å². The molecule has 1 aliphatic carbocycles. The van der Waals surface area contributed by atoms with Crippen LogP contribution in [-0.4, -0.2) is 64.1 Å². The van der Waals surface area contributed by atoms with Crippen LogP contribution in [0.1, 0.15) is 82.9 Å². The van der Waals surface area contributed by atoms with Crippen LogP contribution in [0.4, 0.5) is 0 Å². The van der Waals surface area contributed by atoms with Gasteiger partial charge in [-0.15, -0.1) is 5.10 Å². The van der Waals surface area contributed by atoms with Gasteiger partial charge < -0.3 is 9.80 Å². The summed E-state index contributed by atoms with van der Waals surface area (Å²) >= 11 is 0. The van der Waals surface area contributed by atoms with Gasteiger partial charge in [-0.25, -0.2) is 4.68 Å². The Morgan fingerprint density at radius 2 is 1.50 bits per heavy atom. The number of hydrogen-bond acceptors (Lipinski definition) is 4. The molecule has 0 radical (unpaired) electrons. The fourth-order valence-electron chi connectivity index (χ4n) is 5.42. The molecule has 0 spiro atoms. The number of likely N-dealkylation sites (tertiary alicyclic amines) is 2. The van der Waals surface area contributed by atoms with Crippen molar-refractivity contribution in [1.29, 1.82) is 0 Å². The fraction of sp³-hybridized carbons (Fsp3) is 0.905. The lowest BCUT2D eigenvalue weighted by atomic mass is 9.90. The normalized spacial score (nSPS) is 24.7. The molecule has 1 aromatic rings. The molecule has 3 heterocycles. The van der Waals surface area contributed by atoms with Gasteiger partial charge in [-0.1, -0.05) is 31.9 Å². The van der Waals surface area contributed by atoms with Crippen LogP contribution in [0.25, 0.3) is 0 Å². The van der Waals surface area contributed by atoms with Crippen molar-refractivity contribution < 1.29 is 0 Å². The van der Waals surface area contributed by atoms with Crippen molar-refractivity contribution in [3.05, 3.63) is 11.9 Å². The largest absolute Gasteiger partial charge is 0.303 e. The number of nitrogens with zero attached hydrogens (tertiary/aromatic N) is 5. The van der Waals surface area contributed by atoms with Crippen LogP contribution in [0.2, 0.25) is 0 Å². The summed E-state index contributed by atoms with van der Waals surface area (Å²) < 4.78 is 2.18. The van der Waals surface area contributed by atoms with E-state index in [0.717, 1.165) is 0 Å². The van der Waals surface area contributed by atoms with E-state index in [1.54, 1.807) is 0 Å². The zero-order valence-electron chi connectivity index (χ0n) is 16.9. The third kappa shape index (κ3) is 4.48. The zero-order chi connectivity index (χ0) is 18.0. The van der Waals surface area contributed by atoms with Gasteiger partial charge in [-0.2, -0.15) is 0 Å². The fourth-order valence-corrected chi connectivity index (χ4v) is 5.42. The summed E-state index contributed by atoms with van der Waals surface area (Å²) in [4.78, 5) is 5.34. The molecule has 3 fully saturated rings. The molecule has 5 heteroatoms. The van der Waals surface area contributed by atoms with Gasteiger partial charge in [0.2, 0.25) is 0 Å². The van der Waals surface area contributed by atoms with Gasteiger partial charge >= 0.3 is 0 Å². The van der Waals surface area contributed by atoms with Crippen LogP contribution in [0, 0.1) is 5.41 Å². The first-order valence-corrected chi connectivity index (χ1v) is 11.0. The number of rotatable bonds is 6. The highest BCUT2D eigenvalue weighted by atomic mass is 15.4. The first-order valence-electron chi connectivity index (χ1n) is 11.0. The van der Waals surface area contributed by atoms with E-state index in [9.17, 15) is 0 Å². The van der Waals surface area contributed by atoms with E-state index in [2.05, 4.69) is 44.8 Å². The second-order valence-corrected chi connectivity index (χ2v) is 9.76. The monoisotopic (exact) mass is 359 g/mol. The Morgan fingerprint density at radius 3 is 2.15 bits per heavy atom. The molecule has 3 aliphatic rings. The SMILES string of the molecule is CC(C)(CN1CCCC1)CN1CCC(n2cc(C3CCCC3)nn2)CC1. The Labute approximate surface area is 159 Å². The minimum Gasteiger partial charge on any atom is -0.303 e. The predicted octanol–water partition coefficient (Wildman–Crippen LogP) is 3.69. The number of piperidine rings is 1. The van der Waals surface area contributed by atoms with E-state index in [4.69, 9.17) is 0 Å². The molecule has 2 saturated heterocycles. The van der Waals surface area contributed by atoms with Crippen LogP contribution >= 0.6 is 0 Å². The molecule has 1 saturated carbocycles. The maximum absolute atomic E-state index is 4.50. The van der Waals surface area contributed by atoms with E-state index >= 15 is 0 Å². The molecule has 0 amide bonds. The summed E-state index contributed by atoms with van der Waals surface area (Å²) in [6, 6.07) is 0.551. The molecule has 0 unspecified atom stereocenters. The molecular formula is C21H37N5. The molecule has 5 nitrogen and oxygen atoms in total. The maximum Gasteiger partial charge on any atom is 0.0858 e. The van der Waals surface area contributed by atoms with Gasteiger partial charge in [-0.3, -0.25) is 0 Å². The Hall–Kier alpha value is -0.940. The summed E-state index contributed by atoms with van der Waals surface area (Å²) in [6.07, 6.45) is 12.8. The topological polar surface area (TPSA) is 37.2 Å². The second-order valence-electron chi connectivity index (χ2n) is 9.76. The summed E-state index contributed by atoms with van der Waals surface area (Å²) in [5.74, 6) is 0.676. The van der Waals surface area contributed by atoms with Crippen LogP contribution in [0.3, 0.4) is 0 Å². The lowest BCUT2D eigenvalue weighted by molar-refractivity contribution is 0.101. The quantitative estimate of drug-likeness (QED) is 0.776. The Bertz CT molecular complexity index is 561. The second kappa shape index (κ2) is 7.97. The van der Waals surface area contributed by atoms with Crippen molar-refractivity contribution in [2.75, 3.05) is 39.3 Å². The maximum atomic E-state index is 4.50. The van der Waals surface area contributed by atoms with Crippen molar-refractivity contribution in [2.24, 2.45) is 5.41 Å². The molecule has 0 aromatic carbocycles. The smallest absolute Gasteiger partial charge is 0.0858 e. The highest BCUT2D eigenvalue weighted by Crippen LogP contribution is 2.33. The number of hydrogen-bond donors (Lipinski definition) is 0. The van der Waals surface area contributed by atoms with Crippen molar-refractivity contribution in [2.45, 2.75) is 77.2 Å². The van der Waals surface area contributed by atoms with Crippen molar-refractivity contribution >= 4 is 0 Å². The highest BCUT2D eigenvalue weighted by Gasteiger charge is 2.29. The summed E-state index contributed by atoms with van der Waals surface area (Å²) in [6.45, 7) is 12.4. The standard InChI is InChI=1S/C21H37N5/c1-21(2,16-24-11-5-6-12-24)17-25-13-9-19(10-14-25)26-15-20(22-23-26)18-7-3-4-8-18/h15,18-19H,3-14,16-17H2,1-2H3. The van der Waals surface area contributed by atoms with Crippen LogP contribution in [0.15, 0.2) is 6.20 Å². The molecule has 146 valence electrons.